The molecule has 0 bridgehead atoms. The molecule has 1 unspecified atom stereocenters. The predicted molar refractivity (Wildman–Crippen MR) is 72.6 cm³/mol. The van der Waals surface area contributed by atoms with Crippen LogP contribution in [-0.2, 0) is 12.8 Å². The van der Waals surface area contributed by atoms with Crippen molar-refractivity contribution in [3.05, 3.63) is 70.3 Å². The van der Waals surface area contributed by atoms with Gasteiger partial charge in [-0.15, -0.1) is 0 Å². The van der Waals surface area contributed by atoms with Crippen LogP contribution in [0.2, 0.25) is 0 Å². The van der Waals surface area contributed by atoms with E-state index in [0.717, 1.165) is 12.8 Å². The van der Waals surface area contributed by atoms with Gasteiger partial charge in [-0.25, -0.2) is 0 Å². The summed E-state index contributed by atoms with van der Waals surface area (Å²) in [5, 5.41) is 0. The van der Waals surface area contributed by atoms with Crippen molar-refractivity contribution in [3.8, 4) is 0 Å². The normalized spacial score (nSPS) is 17.4. The molecule has 3 rings (SSSR count). The molecule has 1 atom stereocenters. The van der Waals surface area contributed by atoms with Gasteiger partial charge in [0, 0.05) is 5.92 Å². The van der Waals surface area contributed by atoms with Crippen LogP contribution in [0.3, 0.4) is 0 Å². The van der Waals surface area contributed by atoms with Gasteiger partial charge in [-0.1, -0.05) is 56.3 Å². The van der Waals surface area contributed by atoms with Crippen LogP contribution < -0.4 is 0 Å². The lowest BCUT2D eigenvalue weighted by molar-refractivity contribution is 0.824. The Morgan fingerprint density at radius 1 is 1.00 bits per heavy atom. The number of benzene rings is 2. The van der Waals surface area contributed by atoms with E-state index < -0.39 is 0 Å². The fraction of sp³-hybridized carbons (Fsp3) is 0.294. The van der Waals surface area contributed by atoms with E-state index >= 15 is 0 Å². The second kappa shape index (κ2) is 4.03. The van der Waals surface area contributed by atoms with E-state index in [1.54, 1.807) is 5.56 Å². The zero-order chi connectivity index (χ0) is 11.8. The van der Waals surface area contributed by atoms with E-state index in [-0.39, 0.29) is 0 Å². The molecule has 2 aromatic rings. The Balaban J connectivity index is 2.20. The molecule has 0 aliphatic heterocycles. The van der Waals surface area contributed by atoms with Crippen molar-refractivity contribution in [2.24, 2.45) is 0 Å². The predicted octanol–water partition coefficient (Wildman–Crippen LogP) is 4.31. The maximum Gasteiger partial charge on any atom is 0.00694 e. The van der Waals surface area contributed by atoms with Gasteiger partial charge in [-0.3, -0.25) is 0 Å². The number of fused-ring (bicyclic) bond motifs is 2. The van der Waals surface area contributed by atoms with E-state index in [2.05, 4.69) is 56.3 Å². The van der Waals surface area contributed by atoms with Crippen LogP contribution in [0.5, 0.6) is 0 Å². The SMILES string of the molecule is CCc1cccc2c1C(C)c1ccccc1C2. The van der Waals surface area contributed by atoms with Crippen molar-refractivity contribution in [3.63, 3.8) is 0 Å². The largest absolute Gasteiger partial charge is 0.0620 e. The van der Waals surface area contributed by atoms with Crippen molar-refractivity contribution in [2.45, 2.75) is 32.6 Å². The highest BCUT2D eigenvalue weighted by atomic mass is 14.3. The Morgan fingerprint density at radius 2 is 1.76 bits per heavy atom. The molecule has 2 aromatic carbocycles. The second-order valence-electron chi connectivity index (χ2n) is 4.94. The summed E-state index contributed by atoms with van der Waals surface area (Å²) in [5.74, 6) is 0.547. The molecule has 86 valence electrons. The Hall–Kier alpha value is -1.56. The monoisotopic (exact) mass is 222 g/mol. The summed E-state index contributed by atoms with van der Waals surface area (Å²) < 4.78 is 0. The zero-order valence-electron chi connectivity index (χ0n) is 10.5. The zero-order valence-corrected chi connectivity index (χ0v) is 10.5. The average molecular weight is 222 g/mol. The topological polar surface area (TPSA) is 0 Å². The molecule has 0 spiro atoms. The minimum atomic E-state index is 0.547. The molecule has 0 radical (unpaired) electrons. The van der Waals surface area contributed by atoms with Crippen LogP contribution in [0.4, 0.5) is 0 Å². The van der Waals surface area contributed by atoms with Crippen molar-refractivity contribution >= 4 is 0 Å². The Morgan fingerprint density at radius 3 is 2.59 bits per heavy atom. The summed E-state index contributed by atoms with van der Waals surface area (Å²) in [6.45, 7) is 4.60. The first kappa shape index (κ1) is 10.6. The van der Waals surface area contributed by atoms with Crippen molar-refractivity contribution in [1.82, 2.24) is 0 Å². The van der Waals surface area contributed by atoms with Gasteiger partial charge in [0.15, 0.2) is 0 Å². The number of hydrogen-bond acceptors (Lipinski definition) is 0. The first-order valence-corrected chi connectivity index (χ1v) is 6.49. The highest BCUT2D eigenvalue weighted by molar-refractivity contribution is 5.51. The fourth-order valence-corrected chi connectivity index (χ4v) is 3.16. The Labute approximate surface area is 103 Å². The van der Waals surface area contributed by atoms with Crippen LogP contribution in [0, 0.1) is 0 Å². The van der Waals surface area contributed by atoms with E-state index in [1.807, 2.05) is 0 Å². The first-order chi connectivity index (χ1) is 8.31. The van der Waals surface area contributed by atoms with Gasteiger partial charge < -0.3 is 0 Å². The second-order valence-corrected chi connectivity index (χ2v) is 4.94. The van der Waals surface area contributed by atoms with Gasteiger partial charge >= 0.3 is 0 Å². The molecular formula is C17H18. The quantitative estimate of drug-likeness (QED) is 0.674. The van der Waals surface area contributed by atoms with Crippen molar-refractivity contribution in [2.75, 3.05) is 0 Å². The molecule has 0 saturated heterocycles. The number of rotatable bonds is 1. The number of aryl methyl sites for hydroxylation is 1. The summed E-state index contributed by atoms with van der Waals surface area (Å²) in [6.07, 6.45) is 2.24. The molecule has 1 aliphatic rings. The lowest BCUT2D eigenvalue weighted by atomic mass is 9.77. The molecule has 1 aliphatic carbocycles. The maximum atomic E-state index is 2.34. The standard InChI is InChI=1S/C17H18/c1-3-13-8-6-9-15-11-14-7-4-5-10-16(14)12(2)17(13)15/h4-10,12H,3,11H2,1-2H3. The maximum absolute atomic E-state index is 2.34. The van der Waals surface area contributed by atoms with Gasteiger partial charge in [-0.05, 0) is 40.7 Å². The summed E-state index contributed by atoms with van der Waals surface area (Å²) >= 11 is 0. The van der Waals surface area contributed by atoms with Crippen molar-refractivity contribution < 1.29 is 0 Å². The fourth-order valence-electron chi connectivity index (χ4n) is 3.16. The highest BCUT2D eigenvalue weighted by Crippen LogP contribution is 2.38. The van der Waals surface area contributed by atoms with E-state index in [4.69, 9.17) is 0 Å². The van der Waals surface area contributed by atoms with Crippen molar-refractivity contribution in [1.29, 1.82) is 0 Å². The third-order valence-corrected chi connectivity index (χ3v) is 4.00. The first-order valence-electron chi connectivity index (χ1n) is 6.49. The molecule has 0 fully saturated rings. The minimum absolute atomic E-state index is 0.547. The highest BCUT2D eigenvalue weighted by Gasteiger charge is 2.23. The van der Waals surface area contributed by atoms with Gasteiger partial charge in [0.1, 0.15) is 0 Å². The van der Waals surface area contributed by atoms with Gasteiger partial charge in [0.2, 0.25) is 0 Å². The van der Waals surface area contributed by atoms with Crippen LogP contribution >= 0.6 is 0 Å². The third-order valence-electron chi connectivity index (χ3n) is 4.00. The van der Waals surface area contributed by atoms with Gasteiger partial charge in [0.25, 0.3) is 0 Å². The molecule has 0 saturated carbocycles. The molecule has 0 nitrogen and oxygen atoms in total. The molecule has 0 amide bonds. The minimum Gasteiger partial charge on any atom is -0.0620 e. The molecule has 0 heterocycles. The molecule has 0 heteroatoms. The van der Waals surface area contributed by atoms with E-state index in [1.165, 1.54) is 22.3 Å². The van der Waals surface area contributed by atoms with Gasteiger partial charge in [-0.2, -0.15) is 0 Å². The summed E-state index contributed by atoms with van der Waals surface area (Å²) in [6, 6.07) is 15.7. The summed E-state index contributed by atoms with van der Waals surface area (Å²) in [4.78, 5) is 0. The van der Waals surface area contributed by atoms with Crippen LogP contribution in [0.1, 0.15) is 47.6 Å². The summed E-state index contributed by atoms with van der Waals surface area (Å²) in [7, 11) is 0. The van der Waals surface area contributed by atoms with E-state index in [9.17, 15) is 0 Å². The third kappa shape index (κ3) is 1.59. The van der Waals surface area contributed by atoms with Crippen LogP contribution in [0.15, 0.2) is 42.5 Å². The Kier molecular flexibility index (Phi) is 2.51. The van der Waals surface area contributed by atoms with E-state index in [0.29, 0.717) is 5.92 Å². The summed E-state index contributed by atoms with van der Waals surface area (Å²) in [5.41, 5.74) is 7.63. The van der Waals surface area contributed by atoms with Crippen LogP contribution in [0.25, 0.3) is 0 Å². The molecular weight excluding hydrogens is 204 g/mol. The smallest absolute Gasteiger partial charge is 0.00694 e. The average Bonchev–Trinajstić information content (AvgIpc) is 2.38. The number of hydrogen-bond donors (Lipinski definition) is 0. The molecule has 17 heavy (non-hydrogen) atoms. The van der Waals surface area contributed by atoms with Crippen LogP contribution in [-0.4, -0.2) is 0 Å². The molecule has 0 N–H and O–H groups in total. The Bertz CT molecular complexity index is 552. The lowest BCUT2D eigenvalue weighted by Gasteiger charge is -2.28. The molecule has 0 aromatic heterocycles. The van der Waals surface area contributed by atoms with Gasteiger partial charge in [0.05, 0.1) is 0 Å². The lowest BCUT2D eigenvalue weighted by Crippen LogP contribution is -2.13.